The normalized spacial score (nSPS) is 22.3. The molecule has 0 saturated carbocycles. The number of rotatable bonds is 5. The van der Waals surface area contributed by atoms with Crippen LogP contribution in [0.15, 0.2) is 12.1 Å². The van der Waals surface area contributed by atoms with Gasteiger partial charge in [0, 0.05) is 19.6 Å². The van der Waals surface area contributed by atoms with Crippen LogP contribution in [0.25, 0.3) is 0 Å². The highest BCUT2D eigenvalue weighted by Crippen LogP contribution is 2.38. The molecular weight excluding hydrogens is 296 g/mol. The van der Waals surface area contributed by atoms with Crippen LogP contribution in [0.5, 0.6) is 11.5 Å². The van der Waals surface area contributed by atoms with E-state index >= 15 is 0 Å². The van der Waals surface area contributed by atoms with Gasteiger partial charge in [-0.3, -0.25) is 9.69 Å². The standard InChI is InChI=1S/C14H19ClN2O4/c1-20-10-4-3-9(11(15)12(10)21-2)7-17-6-5-14(16,8-17)13(18)19/h3-4H,5-8,16H2,1-2H3,(H,18,19). The van der Waals surface area contributed by atoms with Crippen LogP contribution in [0.1, 0.15) is 12.0 Å². The molecule has 1 saturated heterocycles. The van der Waals surface area contributed by atoms with E-state index < -0.39 is 11.5 Å². The predicted molar refractivity (Wildman–Crippen MR) is 79.0 cm³/mol. The Hall–Kier alpha value is -1.50. The topological polar surface area (TPSA) is 85.0 Å². The van der Waals surface area contributed by atoms with Crippen LogP contribution in [0.2, 0.25) is 5.02 Å². The van der Waals surface area contributed by atoms with E-state index in [1.807, 2.05) is 11.0 Å². The largest absolute Gasteiger partial charge is 0.493 e. The van der Waals surface area contributed by atoms with E-state index in [-0.39, 0.29) is 0 Å². The number of carbonyl (C=O) groups is 1. The molecule has 0 aliphatic carbocycles. The summed E-state index contributed by atoms with van der Waals surface area (Å²) in [5, 5.41) is 9.62. The lowest BCUT2D eigenvalue weighted by molar-refractivity contribution is -0.142. The second-order valence-corrected chi connectivity index (χ2v) is 5.57. The van der Waals surface area contributed by atoms with Gasteiger partial charge in [0.15, 0.2) is 11.5 Å². The van der Waals surface area contributed by atoms with Crippen molar-refractivity contribution in [3.8, 4) is 11.5 Å². The molecule has 1 fully saturated rings. The van der Waals surface area contributed by atoms with Crippen LogP contribution >= 0.6 is 11.6 Å². The lowest BCUT2D eigenvalue weighted by Crippen LogP contribution is -2.50. The third-order valence-corrected chi connectivity index (χ3v) is 4.18. The van der Waals surface area contributed by atoms with Gasteiger partial charge in [-0.25, -0.2) is 0 Å². The minimum atomic E-state index is -1.18. The minimum Gasteiger partial charge on any atom is -0.493 e. The average molecular weight is 315 g/mol. The molecule has 3 N–H and O–H groups in total. The predicted octanol–water partition coefficient (Wildman–Crippen LogP) is 1.34. The van der Waals surface area contributed by atoms with Gasteiger partial charge in [-0.15, -0.1) is 0 Å². The number of halogens is 1. The number of ether oxygens (including phenoxy) is 2. The Morgan fingerprint density at radius 3 is 2.71 bits per heavy atom. The summed E-state index contributed by atoms with van der Waals surface area (Å²) in [6.45, 7) is 1.44. The summed E-state index contributed by atoms with van der Waals surface area (Å²) in [5.41, 5.74) is 5.54. The van der Waals surface area contributed by atoms with Crippen LogP contribution in [-0.2, 0) is 11.3 Å². The van der Waals surface area contributed by atoms with E-state index in [9.17, 15) is 4.79 Å². The van der Waals surface area contributed by atoms with E-state index in [0.717, 1.165) is 5.56 Å². The van der Waals surface area contributed by atoms with Crippen LogP contribution in [-0.4, -0.2) is 48.8 Å². The number of carboxylic acid groups (broad SMARTS) is 1. The fraction of sp³-hybridized carbons (Fsp3) is 0.500. The summed E-state index contributed by atoms with van der Waals surface area (Å²) in [6, 6.07) is 3.63. The first-order valence-corrected chi connectivity index (χ1v) is 6.93. The van der Waals surface area contributed by atoms with E-state index in [0.29, 0.717) is 42.6 Å². The first kappa shape index (κ1) is 15.9. The van der Waals surface area contributed by atoms with Crippen molar-refractivity contribution >= 4 is 17.6 Å². The van der Waals surface area contributed by atoms with Gasteiger partial charge in [0.1, 0.15) is 5.54 Å². The zero-order chi connectivity index (χ0) is 15.6. The molecule has 1 aliphatic heterocycles. The molecule has 2 rings (SSSR count). The van der Waals surface area contributed by atoms with Crippen LogP contribution in [0.4, 0.5) is 0 Å². The first-order chi connectivity index (χ1) is 9.91. The molecule has 7 heteroatoms. The summed E-state index contributed by atoms with van der Waals surface area (Å²) in [5.74, 6) is 0.0721. The van der Waals surface area contributed by atoms with Crippen molar-refractivity contribution < 1.29 is 19.4 Å². The van der Waals surface area contributed by atoms with E-state index in [1.165, 1.54) is 7.11 Å². The van der Waals surface area contributed by atoms with Gasteiger partial charge < -0.3 is 20.3 Å². The molecule has 1 aliphatic rings. The fourth-order valence-electron chi connectivity index (χ4n) is 2.52. The number of aliphatic carboxylic acids is 1. The first-order valence-electron chi connectivity index (χ1n) is 6.55. The molecule has 1 unspecified atom stereocenters. The van der Waals surface area contributed by atoms with Gasteiger partial charge in [-0.05, 0) is 18.1 Å². The maximum atomic E-state index is 11.2. The Bertz CT molecular complexity index is 552. The van der Waals surface area contributed by atoms with E-state index in [2.05, 4.69) is 0 Å². The van der Waals surface area contributed by atoms with E-state index in [1.54, 1.807) is 13.2 Å². The molecule has 1 aromatic carbocycles. The molecule has 0 amide bonds. The number of likely N-dealkylation sites (tertiary alicyclic amines) is 1. The van der Waals surface area contributed by atoms with Crippen molar-refractivity contribution in [3.63, 3.8) is 0 Å². The fourth-order valence-corrected chi connectivity index (χ4v) is 2.81. The molecule has 1 atom stereocenters. The van der Waals surface area contributed by atoms with Gasteiger partial charge in [-0.2, -0.15) is 0 Å². The molecule has 116 valence electrons. The number of methoxy groups -OCH3 is 2. The third kappa shape index (κ3) is 3.07. The minimum absolute atomic E-state index is 0.299. The molecule has 0 bridgehead atoms. The Morgan fingerprint density at radius 2 is 2.19 bits per heavy atom. The lowest BCUT2D eigenvalue weighted by Gasteiger charge is -2.21. The number of nitrogens with two attached hydrogens (primary N) is 1. The van der Waals surface area contributed by atoms with Crippen LogP contribution in [0.3, 0.4) is 0 Å². The quantitative estimate of drug-likeness (QED) is 0.853. The summed E-state index contributed by atoms with van der Waals surface area (Å²) >= 11 is 6.33. The SMILES string of the molecule is COc1ccc(CN2CCC(N)(C(=O)O)C2)c(Cl)c1OC. The molecule has 0 spiro atoms. The highest BCUT2D eigenvalue weighted by Gasteiger charge is 2.41. The van der Waals surface area contributed by atoms with Crippen LogP contribution < -0.4 is 15.2 Å². The van der Waals surface area contributed by atoms with Crippen molar-refractivity contribution in [2.24, 2.45) is 5.73 Å². The number of benzene rings is 1. The summed E-state index contributed by atoms with van der Waals surface area (Å²) in [6.07, 6.45) is 0.424. The molecule has 0 aromatic heterocycles. The van der Waals surface area contributed by atoms with Gasteiger partial charge in [0.2, 0.25) is 0 Å². The molecule has 1 heterocycles. The monoisotopic (exact) mass is 314 g/mol. The molecule has 1 aromatic rings. The third-order valence-electron chi connectivity index (χ3n) is 3.76. The smallest absolute Gasteiger partial charge is 0.325 e. The van der Waals surface area contributed by atoms with Crippen molar-refractivity contribution in [1.29, 1.82) is 0 Å². The number of nitrogens with zero attached hydrogens (tertiary/aromatic N) is 1. The highest BCUT2D eigenvalue weighted by molar-refractivity contribution is 6.33. The van der Waals surface area contributed by atoms with Crippen molar-refractivity contribution in [2.75, 3.05) is 27.3 Å². The van der Waals surface area contributed by atoms with Gasteiger partial charge in [0.05, 0.1) is 19.2 Å². The molecule has 21 heavy (non-hydrogen) atoms. The molecular formula is C14H19ClN2O4. The van der Waals surface area contributed by atoms with Gasteiger partial charge in [-0.1, -0.05) is 17.7 Å². The molecule has 0 radical (unpaired) electrons. The maximum Gasteiger partial charge on any atom is 0.325 e. The lowest BCUT2D eigenvalue weighted by atomic mass is 10.0. The number of hydrogen-bond acceptors (Lipinski definition) is 5. The van der Waals surface area contributed by atoms with Gasteiger partial charge in [0.25, 0.3) is 0 Å². The Labute approximate surface area is 128 Å². The Kier molecular flexibility index (Phi) is 4.61. The van der Waals surface area contributed by atoms with Crippen molar-refractivity contribution in [2.45, 2.75) is 18.5 Å². The Morgan fingerprint density at radius 1 is 1.48 bits per heavy atom. The van der Waals surface area contributed by atoms with Crippen LogP contribution in [0, 0.1) is 0 Å². The summed E-state index contributed by atoms with van der Waals surface area (Å²) in [4.78, 5) is 13.1. The molecule has 6 nitrogen and oxygen atoms in total. The number of carboxylic acids is 1. The van der Waals surface area contributed by atoms with Crippen molar-refractivity contribution in [3.05, 3.63) is 22.7 Å². The van der Waals surface area contributed by atoms with Gasteiger partial charge >= 0.3 is 5.97 Å². The number of hydrogen-bond donors (Lipinski definition) is 2. The Balaban J connectivity index is 2.16. The average Bonchev–Trinajstić information content (AvgIpc) is 2.83. The van der Waals surface area contributed by atoms with Crippen molar-refractivity contribution in [1.82, 2.24) is 4.90 Å². The zero-order valence-electron chi connectivity index (χ0n) is 12.1. The van der Waals surface area contributed by atoms with E-state index in [4.69, 9.17) is 31.9 Å². The maximum absolute atomic E-state index is 11.2. The second-order valence-electron chi connectivity index (χ2n) is 5.20. The highest BCUT2D eigenvalue weighted by atomic mass is 35.5. The summed E-state index contributed by atoms with van der Waals surface area (Å²) < 4.78 is 10.4. The summed E-state index contributed by atoms with van der Waals surface area (Å²) in [7, 11) is 3.07. The zero-order valence-corrected chi connectivity index (χ0v) is 12.8. The second kappa shape index (κ2) is 6.09.